The summed E-state index contributed by atoms with van der Waals surface area (Å²) >= 11 is 1.47. The monoisotopic (exact) mass is 242 g/mol. The summed E-state index contributed by atoms with van der Waals surface area (Å²) in [6.45, 7) is 1.90. The average Bonchev–Trinajstić information content (AvgIpc) is 2.78. The molecular weight excluding hydrogens is 232 g/mol. The van der Waals surface area contributed by atoms with E-state index in [2.05, 4.69) is 16.0 Å². The minimum atomic E-state index is 0.455. The van der Waals surface area contributed by atoms with Crippen molar-refractivity contribution in [3.8, 4) is 6.07 Å². The topological polar surface area (TPSA) is 75.6 Å². The third-order valence-electron chi connectivity index (χ3n) is 2.24. The number of rotatable bonds is 2. The summed E-state index contributed by atoms with van der Waals surface area (Å²) < 4.78 is 0. The van der Waals surface area contributed by atoms with Crippen LogP contribution in [-0.4, -0.2) is 9.97 Å². The molecule has 0 fully saturated rings. The number of allylic oxidation sites excluding steroid dienone is 1. The van der Waals surface area contributed by atoms with Crippen LogP contribution in [0.25, 0.3) is 11.3 Å². The molecule has 2 heterocycles. The molecule has 0 unspecified atom stereocenters. The van der Waals surface area contributed by atoms with Gasteiger partial charge in [-0.05, 0) is 24.6 Å². The van der Waals surface area contributed by atoms with E-state index in [1.54, 1.807) is 30.7 Å². The van der Waals surface area contributed by atoms with E-state index >= 15 is 0 Å². The average molecular weight is 242 g/mol. The van der Waals surface area contributed by atoms with Crippen molar-refractivity contribution in [2.75, 3.05) is 0 Å². The Labute approximate surface area is 103 Å². The van der Waals surface area contributed by atoms with Crippen molar-refractivity contribution < 1.29 is 0 Å². The Morgan fingerprint density at radius 2 is 2.12 bits per heavy atom. The van der Waals surface area contributed by atoms with Gasteiger partial charge in [-0.1, -0.05) is 0 Å². The molecular formula is C12H10N4S. The molecule has 2 aromatic heterocycles. The van der Waals surface area contributed by atoms with Crippen LogP contribution in [0.5, 0.6) is 0 Å². The first-order valence-corrected chi connectivity index (χ1v) is 5.77. The largest absolute Gasteiger partial charge is 0.396 e. The third-order valence-corrected chi connectivity index (χ3v) is 3.18. The molecule has 4 nitrogen and oxygen atoms in total. The van der Waals surface area contributed by atoms with Crippen LogP contribution in [0.15, 0.2) is 30.7 Å². The number of nitriles is 1. The van der Waals surface area contributed by atoms with Crippen LogP contribution >= 0.6 is 11.3 Å². The lowest BCUT2D eigenvalue weighted by Crippen LogP contribution is -1.98. The molecule has 2 aromatic rings. The molecule has 5 heteroatoms. The maximum atomic E-state index is 9.19. The Balaban J connectivity index is 2.52. The van der Waals surface area contributed by atoms with Gasteiger partial charge < -0.3 is 5.73 Å². The quantitative estimate of drug-likeness (QED) is 0.819. The van der Waals surface area contributed by atoms with Gasteiger partial charge in [0.25, 0.3) is 0 Å². The van der Waals surface area contributed by atoms with Gasteiger partial charge in [0.2, 0.25) is 0 Å². The van der Waals surface area contributed by atoms with E-state index in [1.165, 1.54) is 11.3 Å². The first-order valence-electron chi connectivity index (χ1n) is 4.95. The second-order valence-corrected chi connectivity index (χ2v) is 4.61. The minimum absolute atomic E-state index is 0.455. The Morgan fingerprint density at radius 1 is 1.41 bits per heavy atom. The predicted molar refractivity (Wildman–Crippen MR) is 67.7 cm³/mol. The Hall–Kier alpha value is -2.19. The van der Waals surface area contributed by atoms with Crippen molar-refractivity contribution in [1.29, 1.82) is 5.26 Å². The van der Waals surface area contributed by atoms with E-state index in [-0.39, 0.29) is 0 Å². The highest BCUT2D eigenvalue weighted by Gasteiger charge is 2.10. The number of aryl methyl sites for hydroxylation is 1. The molecule has 0 saturated heterocycles. The van der Waals surface area contributed by atoms with Crippen molar-refractivity contribution in [3.05, 3.63) is 46.2 Å². The normalized spacial score (nSPS) is 11.8. The van der Waals surface area contributed by atoms with Gasteiger partial charge in [0.1, 0.15) is 6.07 Å². The fourth-order valence-corrected chi connectivity index (χ4v) is 2.15. The SMILES string of the molecule is Cc1ncc(/C(N)=C(/C#N)c2ccncc2)s1. The smallest absolute Gasteiger partial charge is 0.102 e. The summed E-state index contributed by atoms with van der Waals surface area (Å²) in [5.74, 6) is 0. The van der Waals surface area contributed by atoms with E-state index in [9.17, 15) is 5.26 Å². The van der Waals surface area contributed by atoms with Gasteiger partial charge in [-0.15, -0.1) is 11.3 Å². The number of hydrogen-bond donors (Lipinski definition) is 1. The molecule has 0 aliphatic rings. The fraction of sp³-hybridized carbons (Fsp3) is 0.0833. The van der Waals surface area contributed by atoms with Gasteiger partial charge in [-0.3, -0.25) is 4.98 Å². The molecule has 84 valence electrons. The van der Waals surface area contributed by atoms with Crippen LogP contribution in [-0.2, 0) is 0 Å². The Bertz CT molecular complexity index is 592. The lowest BCUT2D eigenvalue weighted by molar-refractivity contribution is 1.29. The zero-order valence-electron chi connectivity index (χ0n) is 9.21. The van der Waals surface area contributed by atoms with Gasteiger partial charge >= 0.3 is 0 Å². The highest BCUT2D eigenvalue weighted by Crippen LogP contribution is 2.25. The van der Waals surface area contributed by atoms with E-state index in [4.69, 9.17) is 5.73 Å². The Kier molecular flexibility index (Phi) is 3.17. The van der Waals surface area contributed by atoms with E-state index < -0.39 is 0 Å². The molecule has 0 aliphatic carbocycles. The van der Waals surface area contributed by atoms with Crippen molar-refractivity contribution in [1.82, 2.24) is 9.97 Å². The summed E-state index contributed by atoms with van der Waals surface area (Å²) in [6.07, 6.45) is 4.96. The standard InChI is InChI=1S/C12H10N4S/c1-8-16-7-11(17-8)12(14)10(6-13)9-2-4-15-5-3-9/h2-5,7H,14H2,1H3/b12-10+. The molecule has 0 spiro atoms. The van der Waals surface area contributed by atoms with Gasteiger partial charge in [0, 0.05) is 18.6 Å². The predicted octanol–water partition coefficient (Wildman–Crippen LogP) is 2.20. The van der Waals surface area contributed by atoms with E-state index in [1.807, 2.05) is 6.92 Å². The first kappa shape index (κ1) is 11.3. The molecule has 0 aliphatic heterocycles. The molecule has 0 atom stereocenters. The third kappa shape index (κ3) is 2.32. The zero-order valence-corrected chi connectivity index (χ0v) is 10.0. The molecule has 0 aromatic carbocycles. The molecule has 0 amide bonds. The van der Waals surface area contributed by atoms with Crippen molar-refractivity contribution >= 4 is 22.6 Å². The second kappa shape index (κ2) is 4.76. The van der Waals surface area contributed by atoms with Crippen molar-refractivity contribution in [3.63, 3.8) is 0 Å². The maximum Gasteiger partial charge on any atom is 0.102 e. The molecule has 17 heavy (non-hydrogen) atoms. The number of nitrogens with two attached hydrogens (primary N) is 1. The first-order chi connectivity index (χ1) is 8.22. The highest BCUT2D eigenvalue weighted by molar-refractivity contribution is 7.12. The van der Waals surface area contributed by atoms with Crippen LogP contribution in [0.4, 0.5) is 0 Å². The van der Waals surface area contributed by atoms with Crippen LogP contribution in [0.3, 0.4) is 0 Å². The molecule has 0 bridgehead atoms. The molecule has 2 rings (SSSR count). The lowest BCUT2D eigenvalue weighted by Gasteiger charge is -2.02. The number of hydrogen-bond acceptors (Lipinski definition) is 5. The van der Waals surface area contributed by atoms with Crippen LogP contribution < -0.4 is 5.73 Å². The lowest BCUT2D eigenvalue weighted by atomic mass is 10.1. The number of pyridine rings is 1. The number of nitrogens with zero attached hydrogens (tertiary/aromatic N) is 3. The summed E-state index contributed by atoms with van der Waals surface area (Å²) in [4.78, 5) is 8.86. The summed E-state index contributed by atoms with van der Waals surface area (Å²) in [6, 6.07) is 5.66. The molecule has 0 radical (unpaired) electrons. The number of aromatic nitrogens is 2. The summed E-state index contributed by atoms with van der Waals surface area (Å²) in [5, 5.41) is 10.1. The van der Waals surface area contributed by atoms with Crippen LogP contribution in [0.2, 0.25) is 0 Å². The van der Waals surface area contributed by atoms with Gasteiger partial charge in [0.15, 0.2) is 0 Å². The fourth-order valence-electron chi connectivity index (χ4n) is 1.41. The van der Waals surface area contributed by atoms with E-state index in [0.29, 0.717) is 11.3 Å². The van der Waals surface area contributed by atoms with Crippen LogP contribution in [0.1, 0.15) is 15.4 Å². The van der Waals surface area contributed by atoms with Crippen molar-refractivity contribution in [2.24, 2.45) is 5.73 Å². The van der Waals surface area contributed by atoms with Gasteiger partial charge in [-0.25, -0.2) is 4.98 Å². The zero-order chi connectivity index (χ0) is 12.3. The van der Waals surface area contributed by atoms with Crippen molar-refractivity contribution in [2.45, 2.75) is 6.92 Å². The molecule has 2 N–H and O–H groups in total. The van der Waals surface area contributed by atoms with Gasteiger partial charge in [-0.2, -0.15) is 5.26 Å². The maximum absolute atomic E-state index is 9.19. The summed E-state index contributed by atoms with van der Waals surface area (Å²) in [5.41, 5.74) is 7.69. The van der Waals surface area contributed by atoms with Crippen LogP contribution in [0, 0.1) is 18.3 Å². The second-order valence-electron chi connectivity index (χ2n) is 3.38. The van der Waals surface area contributed by atoms with Gasteiger partial charge in [0.05, 0.1) is 21.2 Å². The minimum Gasteiger partial charge on any atom is -0.396 e. The Morgan fingerprint density at radius 3 is 2.65 bits per heavy atom. The summed E-state index contributed by atoms with van der Waals surface area (Å²) in [7, 11) is 0. The number of thiazole rings is 1. The van der Waals surface area contributed by atoms with E-state index in [0.717, 1.165) is 15.4 Å². The molecule has 0 saturated carbocycles. The highest BCUT2D eigenvalue weighted by atomic mass is 32.1.